The number of thiophene rings is 1. The molecule has 3 rings (SSSR count). The monoisotopic (exact) mass is 277 g/mol. The maximum absolute atomic E-state index is 5.92. The minimum atomic E-state index is 0.467. The molecule has 2 aromatic rings. The third-order valence-electron chi connectivity index (χ3n) is 3.71. The Labute approximate surface area is 117 Å². The zero-order chi connectivity index (χ0) is 13.1. The van der Waals surface area contributed by atoms with E-state index in [0.717, 1.165) is 22.7 Å². The van der Waals surface area contributed by atoms with Gasteiger partial charge in [0.05, 0.1) is 5.39 Å². The molecule has 0 atom stereocenters. The predicted molar refractivity (Wildman–Crippen MR) is 78.1 cm³/mol. The van der Waals surface area contributed by atoms with Gasteiger partial charge in [0.2, 0.25) is 0 Å². The highest BCUT2D eigenvalue weighted by Gasteiger charge is 2.14. The van der Waals surface area contributed by atoms with Crippen molar-refractivity contribution in [1.29, 1.82) is 0 Å². The number of ether oxygens (including phenoxy) is 1. The molecule has 0 amide bonds. The Morgan fingerprint density at radius 3 is 2.95 bits per heavy atom. The Balaban J connectivity index is 1.58. The highest BCUT2D eigenvalue weighted by Crippen LogP contribution is 2.25. The Kier molecular flexibility index (Phi) is 3.94. The molecule has 102 valence electrons. The van der Waals surface area contributed by atoms with Gasteiger partial charge < -0.3 is 10.5 Å². The van der Waals surface area contributed by atoms with Crippen LogP contribution in [-0.2, 0) is 11.3 Å². The zero-order valence-corrected chi connectivity index (χ0v) is 11.8. The number of nitrogen functional groups attached to an aromatic ring is 1. The Morgan fingerprint density at radius 2 is 2.11 bits per heavy atom. The van der Waals surface area contributed by atoms with E-state index in [-0.39, 0.29) is 0 Å². The quantitative estimate of drug-likeness (QED) is 0.930. The van der Waals surface area contributed by atoms with Crippen molar-refractivity contribution in [3.05, 3.63) is 17.3 Å². The van der Waals surface area contributed by atoms with Crippen LogP contribution in [0.15, 0.2) is 11.4 Å². The summed E-state index contributed by atoms with van der Waals surface area (Å²) in [6.45, 7) is 1.29. The third-order valence-corrected chi connectivity index (χ3v) is 4.52. The molecular weight excluding hydrogens is 258 g/mol. The maximum atomic E-state index is 5.92. The van der Waals surface area contributed by atoms with E-state index in [0.29, 0.717) is 18.2 Å². The molecule has 0 radical (unpaired) electrons. The van der Waals surface area contributed by atoms with E-state index in [2.05, 4.69) is 9.97 Å². The first-order valence-corrected chi connectivity index (χ1v) is 7.78. The van der Waals surface area contributed by atoms with E-state index in [1.165, 1.54) is 32.1 Å². The molecule has 5 heteroatoms. The summed E-state index contributed by atoms with van der Waals surface area (Å²) in [6, 6.07) is 1.96. The summed E-state index contributed by atoms with van der Waals surface area (Å²) in [4.78, 5) is 9.73. The second kappa shape index (κ2) is 5.84. The molecule has 0 unspecified atom stereocenters. The van der Waals surface area contributed by atoms with Crippen LogP contribution in [0.2, 0.25) is 0 Å². The van der Waals surface area contributed by atoms with Gasteiger partial charge in [-0.1, -0.05) is 19.3 Å². The van der Waals surface area contributed by atoms with Crippen LogP contribution in [0, 0.1) is 5.92 Å². The summed E-state index contributed by atoms with van der Waals surface area (Å²) in [6.07, 6.45) is 6.67. The van der Waals surface area contributed by atoms with Gasteiger partial charge in [-0.15, -0.1) is 11.3 Å². The number of anilines is 1. The number of rotatable bonds is 4. The van der Waals surface area contributed by atoms with Gasteiger partial charge in [-0.25, -0.2) is 9.97 Å². The van der Waals surface area contributed by atoms with E-state index >= 15 is 0 Å². The number of aromatic nitrogens is 2. The van der Waals surface area contributed by atoms with Crippen molar-refractivity contribution in [2.45, 2.75) is 38.7 Å². The maximum Gasteiger partial charge on any atom is 0.158 e. The molecular formula is C14H19N3OS. The Morgan fingerprint density at radius 1 is 1.26 bits per heavy atom. The number of fused-ring (bicyclic) bond motifs is 1. The lowest BCUT2D eigenvalue weighted by Gasteiger charge is -2.21. The summed E-state index contributed by atoms with van der Waals surface area (Å²) in [7, 11) is 0. The largest absolute Gasteiger partial charge is 0.383 e. The van der Waals surface area contributed by atoms with Gasteiger partial charge in [0.25, 0.3) is 0 Å². The van der Waals surface area contributed by atoms with Crippen molar-refractivity contribution in [3.63, 3.8) is 0 Å². The molecule has 1 fully saturated rings. The van der Waals surface area contributed by atoms with Crippen LogP contribution in [0.1, 0.15) is 37.9 Å². The second-order valence-electron chi connectivity index (χ2n) is 5.18. The lowest BCUT2D eigenvalue weighted by molar-refractivity contribution is 0.0702. The van der Waals surface area contributed by atoms with Crippen LogP contribution in [0.3, 0.4) is 0 Å². The van der Waals surface area contributed by atoms with Crippen LogP contribution in [0.4, 0.5) is 5.82 Å². The summed E-state index contributed by atoms with van der Waals surface area (Å²) >= 11 is 1.59. The Bertz CT molecular complexity index is 549. The first-order valence-electron chi connectivity index (χ1n) is 6.90. The highest BCUT2D eigenvalue weighted by molar-refractivity contribution is 7.16. The van der Waals surface area contributed by atoms with Crippen LogP contribution < -0.4 is 5.73 Å². The molecule has 4 nitrogen and oxygen atoms in total. The fourth-order valence-corrected chi connectivity index (χ4v) is 3.45. The molecule has 2 N–H and O–H groups in total. The lowest BCUT2D eigenvalue weighted by atomic mass is 9.90. The normalized spacial score (nSPS) is 17.1. The highest BCUT2D eigenvalue weighted by atomic mass is 32.1. The SMILES string of the molecule is Nc1nc(COCC2CCCCC2)nc2sccc12. The summed E-state index contributed by atoms with van der Waals surface area (Å²) in [5.41, 5.74) is 5.92. The number of nitrogens with zero attached hydrogens (tertiary/aromatic N) is 2. The van der Waals surface area contributed by atoms with E-state index in [1.54, 1.807) is 11.3 Å². The molecule has 19 heavy (non-hydrogen) atoms. The Hall–Kier alpha value is -1.20. The molecule has 1 aliphatic rings. The van der Waals surface area contributed by atoms with Crippen molar-refractivity contribution in [3.8, 4) is 0 Å². The van der Waals surface area contributed by atoms with Gasteiger partial charge in [0.15, 0.2) is 5.82 Å². The molecule has 0 spiro atoms. The van der Waals surface area contributed by atoms with Gasteiger partial charge in [-0.3, -0.25) is 0 Å². The second-order valence-corrected chi connectivity index (χ2v) is 6.08. The van der Waals surface area contributed by atoms with Gasteiger partial charge in [0.1, 0.15) is 17.3 Å². The van der Waals surface area contributed by atoms with Crippen molar-refractivity contribution >= 4 is 27.4 Å². The molecule has 2 aromatic heterocycles. The van der Waals surface area contributed by atoms with E-state index in [1.807, 2.05) is 11.4 Å². The van der Waals surface area contributed by atoms with Gasteiger partial charge in [0, 0.05) is 6.61 Å². The number of hydrogen-bond donors (Lipinski definition) is 1. The van der Waals surface area contributed by atoms with Gasteiger partial charge in [-0.2, -0.15) is 0 Å². The average Bonchev–Trinajstić information content (AvgIpc) is 2.89. The first kappa shape index (κ1) is 12.8. The minimum absolute atomic E-state index is 0.467. The fraction of sp³-hybridized carbons (Fsp3) is 0.571. The molecule has 1 saturated carbocycles. The molecule has 0 bridgehead atoms. The lowest BCUT2D eigenvalue weighted by Crippen LogP contribution is -2.14. The summed E-state index contributed by atoms with van der Waals surface area (Å²) in [5, 5.41) is 2.93. The van der Waals surface area contributed by atoms with Crippen molar-refractivity contribution in [1.82, 2.24) is 9.97 Å². The van der Waals surface area contributed by atoms with Crippen molar-refractivity contribution in [2.75, 3.05) is 12.3 Å². The molecule has 0 aliphatic heterocycles. The fourth-order valence-electron chi connectivity index (χ4n) is 2.66. The molecule has 0 saturated heterocycles. The van der Waals surface area contributed by atoms with Crippen LogP contribution in [0.25, 0.3) is 10.2 Å². The molecule has 0 aromatic carbocycles. The third kappa shape index (κ3) is 3.04. The average molecular weight is 277 g/mol. The predicted octanol–water partition coefficient (Wildman–Crippen LogP) is 3.37. The van der Waals surface area contributed by atoms with E-state index < -0.39 is 0 Å². The summed E-state index contributed by atoms with van der Waals surface area (Å²) in [5.74, 6) is 1.97. The molecule has 2 heterocycles. The van der Waals surface area contributed by atoms with E-state index in [4.69, 9.17) is 10.5 Å². The van der Waals surface area contributed by atoms with Gasteiger partial charge >= 0.3 is 0 Å². The smallest absolute Gasteiger partial charge is 0.158 e. The number of nitrogens with two attached hydrogens (primary N) is 1. The van der Waals surface area contributed by atoms with Crippen LogP contribution in [0.5, 0.6) is 0 Å². The van der Waals surface area contributed by atoms with Crippen molar-refractivity contribution < 1.29 is 4.74 Å². The molecule has 1 aliphatic carbocycles. The minimum Gasteiger partial charge on any atom is -0.383 e. The van der Waals surface area contributed by atoms with Gasteiger partial charge in [-0.05, 0) is 30.2 Å². The summed E-state index contributed by atoms with van der Waals surface area (Å²) < 4.78 is 5.76. The topological polar surface area (TPSA) is 61.0 Å². The van der Waals surface area contributed by atoms with Crippen molar-refractivity contribution in [2.24, 2.45) is 5.92 Å². The zero-order valence-electron chi connectivity index (χ0n) is 11.0. The standard InChI is InChI=1S/C14H19N3OS/c15-13-11-6-7-19-14(11)17-12(16-13)9-18-8-10-4-2-1-3-5-10/h6-7,10H,1-5,8-9H2,(H2,15,16,17). The number of hydrogen-bond acceptors (Lipinski definition) is 5. The van der Waals surface area contributed by atoms with E-state index in [9.17, 15) is 0 Å². The van der Waals surface area contributed by atoms with Crippen LogP contribution in [-0.4, -0.2) is 16.6 Å². The first-order chi connectivity index (χ1) is 9.33. The van der Waals surface area contributed by atoms with Crippen LogP contribution >= 0.6 is 11.3 Å².